The molecule has 0 saturated heterocycles. The maximum absolute atomic E-state index is 14.1. The summed E-state index contributed by atoms with van der Waals surface area (Å²) in [5.74, 6) is 0.858. The molecular weight excluding hydrogens is 606 g/mol. The van der Waals surface area contributed by atoms with Crippen molar-refractivity contribution in [2.24, 2.45) is 0 Å². The number of halogens is 1. The van der Waals surface area contributed by atoms with E-state index in [0.29, 0.717) is 58.3 Å². The summed E-state index contributed by atoms with van der Waals surface area (Å²) in [4.78, 5) is 39.6. The van der Waals surface area contributed by atoms with Crippen LogP contribution in [0.3, 0.4) is 0 Å². The quantitative estimate of drug-likeness (QED) is 0.174. The fourth-order valence-electron chi connectivity index (χ4n) is 4.76. The maximum atomic E-state index is 14.1. The minimum absolute atomic E-state index is 0.0631. The number of hydrogen-bond acceptors (Lipinski definition) is 9. The number of likely N-dealkylation sites (N-methyl/N-ethyl adjacent to an activating group) is 2. The average molecular weight is 644 g/mol. The lowest BCUT2D eigenvalue weighted by Gasteiger charge is -2.29. The highest BCUT2D eigenvalue weighted by molar-refractivity contribution is 6.35. The van der Waals surface area contributed by atoms with Crippen molar-refractivity contribution in [2.75, 3.05) is 52.6 Å². The van der Waals surface area contributed by atoms with E-state index >= 15 is 0 Å². The van der Waals surface area contributed by atoms with Crippen LogP contribution < -0.4 is 25.2 Å². The number of ether oxygens (including phenoxy) is 2. The standard InChI is InChI=1S/C34H38ClN7O4/c1-34(2,40(4)5)18-23(19-36)31(43)41(6)24-11-9-21(10-12-24)13-14-42-30-22(20-38-33(37-3)39-30)15-27(32(42)44)26-16-25(45-7)17-28(46-8)29(26)35/h9-12,15-18,20H,13-14H2,1-8H3,(H,37,38,39)/b23-18+. The monoisotopic (exact) mass is 643 g/mol. The van der Waals surface area contributed by atoms with Crippen molar-refractivity contribution < 1.29 is 14.3 Å². The molecule has 0 aliphatic heterocycles. The smallest absolute Gasteiger partial charge is 0.268 e. The first-order valence-electron chi connectivity index (χ1n) is 14.5. The highest BCUT2D eigenvalue weighted by Crippen LogP contribution is 2.38. The summed E-state index contributed by atoms with van der Waals surface area (Å²) in [6, 6.07) is 14.6. The molecule has 2 heterocycles. The largest absolute Gasteiger partial charge is 0.497 e. The predicted molar refractivity (Wildman–Crippen MR) is 182 cm³/mol. The molecule has 0 atom stereocenters. The van der Waals surface area contributed by atoms with Crippen molar-refractivity contribution in [1.82, 2.24) is 19.4 Å². The van der Waals surface area contributed by atoms with Crippen LogP contribution >= 0.6 is 11.6 Å². The van der Waals surface area contributed by atoms with Gasteiger partial charge in [-0.05, 0) is 70.3 Å². The number of fused-ring (bicyclic) bond motifs is 1. The molecule has 0 spiro atoms. The first-order valence-corrected chi connectivity index (χ1v) is 14.9. The number of nitrogens with zero attached hydrogens (tertiary/aromatic N) is 6. The van der Waals surface area contributed by atoms with Gasteiger partial charge in [-0.25, -0.2) is 4.98 Å². The number of pyridine rings is 1. The fourth-order valence-corrected chi connectivity index (χ4v) is 5.05. The van der Waals surface area contributed by atoms with E-state index in [4.69, 9.17) is 21.1 Å². The first kappa shape index (κ1) is 34.0. The molecule has 240 valence electrons. The van der Waals surface area contributed by atoms with Crippen LogP contribution in [-0.4, -0.2) is 73.3 Å². The van der Waals surface area contributed by atoms with Gasteiger partial charge in [-0.2, -0.15) is 10.2 Å². The zero-order chi connectivity index (χ0) is 33.8. The summed E-state index contributed by atoms with van der Waals surface area (Å²) in [6.45, 7) is 4.17. The lowest BCUT2D eigenvalue weighted by Crippen LogP contribution is -2.37. The molecule has 46 heavy (non-hydrogen) atoms. The molecule has 1 N–H and O–H groups in total. The number of nitriles is 1. The second-order valence-electron chi connectivity index (χ2n) is 11.4. The Balaban J connectivity index is 1.68. The maximum Gasteiger partial charge on any atom is 0.268 e. The number of carbonyl (C=O) groups is 1. The van der Waals surface area contributed by atoms with Crippen LogP contribution in [0, 0.1) is 11.3 Å². The molecule has 1 amide bonds. The van der Waals surface area contributed by atoms with Gasteiger partial charge in [0.05, 0.1) is 19.2 Å². The number of methoxy groups -OCH3 is 2. The number of benzene rings is 2. The van der Waals surface area contributed by atoms with E-state index in [2.05, 4.69) is 15.3 Å². The summed E-state index contributed by atoms with van der Waals surface area (Å²) in [5, 5.41) is 13.6. The van der Waals surface area contributed by atoms with E-state index in [1.807, 2.05) is 63.2 Å². The predicted octanol–water partition coefficient (Wildman–Crippen LogP) is 5.17. The highest BCUT2D eigenvalue weighted by atomic mass is 35.5. The normalized spacial score (nSPS) is 11.8. The Labute approximate surface area is 273 Å². The molecule has 0 radical (unpaired) electrons. The van der Waals surface area contributed by atoms with Gasteiger partial charge >= 0.3 is 0 Å². The van der Waals surface area contributed by atoms with Crippen molar-refractivity contribution in [3.63, 3.8) is 0 Å². The number of carbonyl (C=O) groups excluding carboxylic acids is 1. The van der Waals surface area contributed by atoms with E-state index in [0.717, 1.165) is 5.56 Å². The Morgan fingerprint density at radius 3 is 2.39 bits per heavy atom. The second-order valence-corrected chi connectivity index (χ2v) is 11.8. The molecule has 0 bridgehead atoms. The molecule has 0 saturated carbocycles. The summed E-state index contributed by atoms with van der Waals surface area (Å²) in [5.41, 5.74) is 2.15. The third-order valence-electron chi connectivity index (χ3n) is 8.06. The lowest BCUT2D eigenvalue weighted by molar-refractivity contribution is -0.114. The third-order valence-corrected chi connectivity index (χ3v) is 8.45. The van der Waals surface area contributed by atoms with Gasteiger partial charge in [-0.15, -0.1) is 0 Å². The Kier molecular flexibility index (Phi) is 10.4. The van der Waals surface area contributed by atoms with Gasteiger partial charge in [0.1, 0.15) is 28.8 Å². The van der Waals surface area contributed by atoms with Gasteiger partial charge in [-0.1, -0.05) is 23.7 Å². The minimum atomic E-state index is -0.478. The number of amides is 1. The van der Waals surface area contributed by atoms with Crippen LogP contribution in [0.2, 0.25) is 5.02 Å². The number of nitrogens with one attached hydrogen (secondary N) is 1. The second kappa shape index (κ2) is 14.0. The average Bonchev–Trinajstić information content (AvgIpc) is 3.06. The summed E-state index contributed by atoms with van der Waals surface area (Å²) in [7, 11) is 10.2. The molecule has 0 aliphatic rings. The molecule has 4 aromatic rings. The number of hydrogen-bond donors (Lipinski definition) is 1. The van der Waals surface area contributed by atoms with E-state index in [1.165, 1.54) is 19.1 Å². The van der Waals surface area contributed by atoms with E-state index in [9.17, 15) is 14.9 Å². The summed E-state index contributed by atoms with van der Waals surface area (Å²) >= 11 is 6.68. The summed E-state index contributed by atoms with van der Waals surface area (Å²) < 4.78 is 12.5. The topological polar surface area (TPSA) is 126 Å². The Hall–Kier alpha value is -4.92. The Morgan fingerprint density at radius 2 is 1.80 bits per heavy atom. The van der Waals surface area contributed by atoms with Crippen LogP contribution in [0.5, 0.6) is 11.5 Å². The first-order chi connectivity index (χ1) is 21.8. The van der Waals surface area contributed by atoms with Crippen LogP contribution in [0.4, 0.5) is 11.6 Å². The Morgan fingerprint density at radius 1 is 1.11 bits per heavy atom. The van der Waals surface area contributed by atoms with Gasteiger partial charge in [0.2, 0.25) is 5.95 Å². The Bertz CT molecular complexity index is 1890. The molecule has 11 nitrogen and oxygen atoms in total. The van der Waals surface area contributed by atoms with Crippen LogP contribution in [0.25, 0.3) is 22.2 Å². The number of anilines is 2. The fraction of sp³-hybridized carbons (Fsp3) is 0.324. The third kappa shape index (κ3) is 6.98. The number of rotatable bonds is 11. The number of aromatic nitrogens is 3. The van der Waals surface area contributed by atoms with E-state index in [1.54, 1.807) is 49.1 Å². The zero-order valence-corrected chi connectivity index (χ0v) is 28.1. The number of aryl methyl sites for hydroxylation is 2. The van der Waals surface area contributed by atoms with Crippen molar-refractivity contribution in [2.45, 2.75) is 32.4 Å². The van der Waals surface area contributed by atoms with Gasteiger partial charge < -0.3 is 24.6 Å². The molecule has 4 rings (SSSR count). The van der Waals surface area contributed by atoms with Crippen LogP contribution in [-0.2, 0) is 17.8 Å². The SMILES string of the molecule is CNc1ncc2cc(-c3cc(OC)cc(OC)c3Cl)c(=O)n(CCc3ccc(N(C)C(=O)/C(C#N)=C/C(C)(C)N(C)C)cc3)c2n1. The van der Waals surface area contributed by atoms with Crippen LogP contribution in [0.1, 0.15) is 19.4 Å². The molecule has 12 heteroatoms. The van der Waals surface area contributed by atoms with Crippen LogP contribution in [0.15, 0.2) is 65.1 Å². The molecule has 0 unspecified atom stereocenters. The van der Waals surface area contributed by atoms with Crippen molar-refractivity contribution in [3.8, 4) is 28.7 Å². The van der Waals surface area contributed by atoms with E-state index < -0.39 is 11.4 Å². The summed E-state index contributed by atoms with van der Waals surface area (Å²) in [6.07, 6.45) is 3.82. The molecule has 0 fully saturated rings. The van der Waals surface area contributed by atoms with E-state index in [-0.39, 0.29) is 16.2 Å². The minimum Gasteiger partial charge on any atom is -0.497 e. The highest BCUT2D eigenvalue weighted by Gasteiger charge is 2.24. The van der Waals surface area contributed by atoms with Crippen molar-refractivity contribution >= 4 is 40.2 Å². The van der Waals surface area contributed by atoms with Crippen molar-refractivity contribution in [3.05, 3.63) is 81.3 Å². The van der Waals surface area contributed by atoms with Gasteiger partial charge in [0.15, 0.2) is 0 Å². The lowest BCUT2D eigenvalue weighted by atomic mass is 9.99. The molecule has 2 aromatic carbocycles. The zero-order valence-electron chi connectivity index (χ0n) is 27.3. The molecule has 0 aliphatic carbocycles. The van der Waals surface area contributed by atoms with Gasteiger partial charge in [0.25, 0.3) is 11.5 Å². The van der Waals surface area contributed by atoms with Crippen molar-refractivity contribution in [1.29, 1.82) is 5.26 Å². The van der Waals surface area contributed by atoms with Gasteiger partial charge in [0, 0.05) is 60.6 Å². The van der Waals surface area contributed by atoms with Gasteiger partial charge in [-0.3, -0.25) is 14.2 Å². The molecule has 2 aromatic heterocycles. The molecular formula is C34H38ClN7O4.